The number of aliphatic carboxylic acids is 4. The molecule has 8 nitrogen and oxygen atoms in total. The van der Waals surface area contributed by atoms with Gasteiger partial charge in [-0.25, -0.2) is 0 Å². The minimum Gasteiger partial charge on any atom is -0.545 e. The predicted molar refractivity (Wildman–Crippen MR) is 38.3 cm³/mol. The molecule has 0 aromatic carbocycles. The van der Waals surface area contributed by atoms with Crippen LogP contribution < -0.4 is 20.4 Å². The molecule has 0 unspecified atom stereocenters. The van der Waals surface area contributed by atoms with Crippen LogP contribution in [-0.4, -0.2) is 23.9 Å². The molecule has 0 atom stereocenters. The summed E-state index contributed by atoms with van der Waals surface area (Å²) in [5, 5.41) is 37.7. The van der Waals surface area contributed by atoms with Gasteiger partial charge in [0.15, 0.2) is 0 Å². The standard InChI is InChI=1S/2C4H4O4.Cu.Zn/c2*5-3(6)1-2-4(7)8;;/h2*1-2H,(H,5,6)(H,7,8);;/q;;2*+2/p-4/b2*2-1-;;. The second kappa shape index (κ2) is 15.5. The molecule has 0 aliphatic heterocycles. The van der Waals surface area contributed by atoms with Crippen LogP contribution in [0.25, 0.3) is 0 Å². The zero-order valence-corrected chi connectivity index (χ0v) is 12.5. The zero-order chi connectivity index (χ0) is 13.1. The van der Waals surface area contributed by atoms with Crippen LogP contribution >= 0.6 is 0 Å². The molecule has 97 valence electrons. The van der Waals surface area contributed by atoms with E-state index in [1.165, 1.54) is 0 Å². The van der Waals surface area contributed by atoms with Crippen LogP contribution in [0, 0.1) is 0 Å². The molecule has 0 N–H and O–H groups in total. The molecule has 0 aliphatic carbocycles. The number of rotatable bonds is 4. The van der Waals surface area contributed by atoms with E-state index in [1.807, 2.05) is 0 Å². The van der Waals surface area contributed by atoms with Gasteiger partial charge in [0.05, 0.1) is 23.9 Å². The fourth-order valence-electron chi connectivity index (χ4n) is 0.272. The molecule has 18 heavy (non-hydrogen) atoms. The van der Waals surface area contributed by atoms with Crippen molar-refractivity contribution in [2.45, 2.75) is 0 Å². The molecule has 0 amide bonds. The van der Waals surface area contributed by atoms with Gasteiger partial charge in [0, 0.05) is 0 Å². The first kappa shape index (κ1) is 25.4. The van der Waals surface area contributed by atoms with Gasteiger partial charge in [-0.1, -0.05) is 0 Å². The molecule has 0 spiro atoms. The Hall–Kier alpha value is -1.50. The summed E-state index contributed by atoms with van der Waals surface area (Å²) in [6.45, 7) is 0. The first-order valence-corrected chi connectivity index (χ1v) is 3.45. The molecular weight excluding hydrogens is 353 g/mol. The summed E-state index contributed by atoms with van der Waals surface area (Å²) in [6.07, 6.45) is 1.54. The Bertz CT molecular complexity index is 283. The summed E-state index contributed by atoms with van der Waals surface area (Å²) < 4.78 is 0. The molecule has 0 heterocycles. The third-order valence-corrected chi connectivity index (χ3v) is 0.711. The van der Waals surface area contributed by atoms with Crippen LogP contribution in [0.5, 0.6) is 0 Å². The van der Waals surface area contributed by atoms with E-state index in [4.69, 9.17) is 0 Å². The second-order valence-electron chi connectivity index (χ2n) is 1.94. The SMILES string of the molecule is O=C([O-])/C=C\C(=O)[O-].O=C([O-])/C=C\C(=O)[O-].[Cu+2].[Zn+2]. The van der Waals surface area contributed by atoms with Gasteiger partial charge in [-0.2, -0.15) is 0 Å². The molecule has 0 aromatic heterocycles. The Morgan fingerprint density at radius 2 is 0.667 bits per heavy atom. The van der Waals surface area contributed by atoms with Crippen LogP contribution in [0.15, 0.2) is 24.3 Å². The molecule has 0 saturated carbocycles. The van der Waals surface area contributed by atoms with Gasteiger partial charge < -0.3 is 39.6 Å². The fourth-order valence-corrected chi connectivity index (χ4v) is 0.272. The summed E-state index contributed by atoms with van der Waals surface area (Å²) in [6, 6.07) is 0. The van der Waals surface area contributed by atoms with Gasteiger partial charge in [0.2, 0.25) is 0 Å². The number of carbonyl (C=O) groups excluding carboxylic acids is 4. The van der Waals surface area contributed by atoms with Crippen LogP contribution in [0.2, 0.25) is 0 Å². The average Bonchev–Trinajstić information content (AvgIpc) is 2.12. The van der Waals surface area contributed by atoms with Crippen LogP contribution in [0.3, 0.4) is 0 Å². The van der Waals surface area contributed by atoms with E-state index in [1.54, 1.807) is 0 Å². The minimum atomic E-state index is -1.55. The van der Waals surface area contributed by atoms with Crippen molar-refractivity contribution >= 4 is 23.9 Å². The van der Waals surface area contributed by atoms with E-state index in [0.29, 0.717) is 24.3 Å². The van der Waals surface area contributed by atoms with Crippen LogP contribution in [0.4, 0.5) is 0 Å². The van der Waals surface area contributed by atoms with Gasteiger partial charge in [-0.05, 0) is 24.3 Å². The van der Waals surface area contributed by atoms with Crippen LogP contribution in [-0.2, 0) is 55.7 Å². The molecule has 0 saturated heterocycles. The van der Waals surface area contributed by atoms with E-state index in [2.05, 4.69) is 0 Å². The van der Waals surface area contributed by atoms with E-state index in [-0.39, 0.29) is 36.5 Å². The Morgan fingerprint density at radius 1 is 0.556 bits per heavy atom. The summed E-state index contributed by atoms with van der Waals surface area (Å²) in [7, 11) is 0. The summed E-state index contributed by atoms with van der Waals surface area (Å²) >= 11 is 0. The quantitative estimate of drug-likeness (QED) is 0.355. The average molecular weight is 357 g/mol. The Kier molecular flexibility index (Phi) is 21.9. The molecule has 0 rings (SSSR count). The van der Waals surface area contributed by atoms with Crippen molar-refractivity contribution in [3.63, 3.8) is 0 Å². The van der Waals surface area contributed by atoms with Crippen molar-refractivity contribution in [1.82, 2.24) is 0 Å². The maximum Gasteiger partial charge on any atom is 2.00 e. The summed E-state index contributed by atoms with van der Waals surface area (Å²) in [5.74, 6) is -6.19. The van der Waals surface area contributed by atoms with Crippen LogP contribution in [0.1, 0.15) is 0 Å². The van der Waals surface area contributed by atoms with E-state index in [0.717, 1.165) is 0 Å². The normalized spacial score (nSPS) is 8.44. The number of carboxylic acids is 4. The molecular formula is C8H4CuO8Zn. The van der Waals surface area contributed by atoms with E-state index < -0.39 is 23.9 Å². The third-order valence-electron chi connectivity index (χ3n) is 0.711. The molecule has 0 aliphatic rings. The van der Waals surface area contributed by atoms with E-state index >= 15 is 0 Å². The van der Waals surface area contributed by atoms with Crippen molar-refractivity contribution < 1.29 is 76.2 Å². The first-order valence-electron chi connectivity index (χ1n) is 3.45. The monoisotopic (exact) mass is 355 g/mol. The summed E-state index contributed by atoms with van der Waals surface area (Å²) in [5.41, 5.74) is 0. The van der Waals surface area contributed by atoms with Gasteiger partial charge >= 0.3 is 36.5 Å². The van der Waals surface area contributed by atoms with Crippen molar-refractivity contribution in [2.24, 2.45) is 0 Å². The van der Waals surface area contributed by atoms with Gasteiger partial charge in [-0.15, -0.1) is 0 Å². The number of carboxylic acid groups (broad SMARTS) is 4. The third kappa shape index (κ3) is 36.6. The molecule has 0 aromatic rings. The number of carbonyl (C=O) groups is 4. The molecule has 0 fully saturated rings. The fraction of sp³-hybridized carbons (Fsp3) is 0. The summed E-state index contributed by atoms with van der Waals surface area (Å²) in [4.78, 5) is 37.7. The largest absolute Gasteiger partial charge is 2.00 e. The van der Waals surface area contributed by atoms with Crippen molar-refractivity contribution in [3.05, 3.63) is 24.3 Å². The van der Waals surface area contributed by atoms with Crippen molar-refractivity contribution in [3.8, 4) is 0 Å². The first-order chi connectivity index (χ1) is 7.25. The zero-order valence-electron chi connectivity index (χ0n) is 8.58. The topological polar surface area (TPSA) is 161 Å². The Morgan fingerprint density at radius 3 is 0.722 bits per heavy atom. The molecule has 0 bridgehead atoms. The van der Waals surface area contributed by atoms with Crippen molar-refractivity contribution in [1.29, 1.82) is 0 Å². The van der Waals surface area contributed by atoms with Crippen molar-refractivity contribution in [2.75, 3.05) is 0 Å². The molecule has 10 heteroatoms. The number of hydrogen-bond donors (Lipinski definition) is 0. The second-order valence-corrected chi connectivity index (χ2v) is 1.94. The van der Waals surface area contributed by atoms with Gasteiger partial charge in [-0.3, -0.25) is 0 Å². The minimum absolute atomic E-state index is 0. The Balaban J connectivity index is -0.0000000980. The maximum atomic E-state index is 9.41. The molecule has 1 radical (unpaired) electrons. The van der Waals surface area contributed by atoms with E-state index in [9.17, 15) is 39.6 Å². The van der Waals surface area contributed by atoms with Gasteiger partial charge in [0.25, 0.3) is 0 Å². The Labute approximate surface area is 124 Å². The predicted octanol–water partition coefficient (Wildman–Crippen LogP) is -5.92. The number of hydrogen-bond acceptors (Lipinski definition) is 8. The maximum absolute atomic E-state index is 9.41. The van der Waals surface area contributed by atoms with Gasteiger partial charge in [0.1, 0.15) is 0 Å². The smallest absolute Gasteiger partial charge is 0.545 e.